The Hall–Kier alpha value is -0.540. The van der Waals surface area contributed by atoms with Gasteiger partial charge in [-0.2, -0.15) is 0 Å². The van der Waals surface area contributed by atoms with Crippen LogP contribution < -0.4 is 5.32 Å². The summed E-state index contributed by atoms with van der Waals surface area (Å²) in [6.07, 6.45) is 2.64. The molecule has 1 unspecified atom stereocenters. The van der Waals surface area contributed by atoms with E-state index in [0.29, 0.717) is 6.04 Å². The predicted octanol–water partition coefficient (Wildman–Crippen LogP) is 3.98. The lowest BCUT2D eigenvalue weighted by molar-refractivity contribution is 0.183. The Morgan fingerprint density at radius 1 is 1.28 bits per heavy atom. The molecule has 0 aromatic heterocycles. The minimum Gasteiger partial charge on any atom is -0.382 e. The molecule has 1 N–H and O–H groups in total. The summed E-state index contributed by atoms with van der Waals surface area (Å²) in [6.45, 7) is 8.28. The number of likely N-dealkylation sites (tertiary alicyclic amines) is 1. The molecule has 1 fully saturated rings. The van der Waals surface area contributed by atoms with Crippen LogP contribution >= 0.6 is 15.9 Å². The van der Waals surface area contributed by atoms with Gasteiger partial charge in [-0.25, -0.2) is 0 Å². The van der Waals surface area contributed by atoms with Gasteiger partial charge in [0.05, 0.1) is 0 Å². The number of rotatable bonds is 4. The molecule has 0 aliphatic carbocycles. The number of nitrogens with one attached hydrogen (secondary N) is 1. The first-order valence-corrected chi connectivity index (χ1v) is 7.72. The first-order valence-electron chi connectivity index (χ1n) is 6.93. The molecular formula is C15H23BrN2. The van der Waals surface area contributed by atoms with Gasteiger partial charge >= 0.3 is 0 Å². The van der Waals surface area contributed by atoms with E-state index in [0.717, 1.165) is 10.4 Å². The van der Waals surface area contributed by atoms with Crippen molar-refractivity contribution in [3.8, 4) is 0 Å². The van der Waals surface area contributed by atoms with E-state index >= 15 is 0 Å². The van der Waals surface area contributed by atoms with Crippen LogP contribution in [0.4, 0.5) is 5.69 Å². The van der Waals surface area contributed by atoms with Gasteiger partial charge in [0.2, 0.25) is 0 Å². The van der Waals surface area contributed by atoms with Crippen molar-refractivity contribution in [3.05, 3.63) is 28.7 Å². The molecular weight excluding hydrogens is 288 g/mol. The van der Waals surface area contributed by atoms with Gasteiger partial charge in [-0.15, -0.1) is 0 Å². The average Bonchev–Trinajstić information content (AvgIpc) is 2.41. The number of piperidine rings is 1. The summed E-state index contributed by atoms with van der Waals surface area (Å²) in [4.78, 5) is 2.54. The van der Waals surface area contributed by atoms with Crippen molar-refractivity contribution in [2.75, 3.05) is 25.0 Å². The minimum atomic E-state index is 0.560. The Morgan fingerprint density at radius 2 is 1.89 bits per heavy atom. The highest BCUT2D eigenvalue weighted by Crippen LogP contribution is 2.23. The van der Waals surface area contributed by atoms with E-state index in [9.17, 15) is 0 Å². The minimum absolute atomic E-state index is 0.560. The number of hydrogen-bond donors (Lipinski definition) is 1. The third-order valence-electron chi connectivity index (χ3n) is 4.03. The molecule has 18 heavy (non-hydrogen) atoms. The van der Waals surface area contributed by atoms with Gasteiger partial charge < -0.3 is 10.2 Å². The van der Waals surface area contributed by atoms with Gasteiger partial charge in [0.1, 0.15) is 0 Å². The predicted molar refractivity (Wildman–Crippen MR) is 82.1 cm³/mol. The molecule has 0 amide bonds. The molecule has 0 spiro atoms. The van der Waals surface area contributed by atoms with Crippen LogP contribution in [-0.2, 0) is 0 Å². The Kier molecular flexibility index (Phi) is 5.07. The zero-order chi connectivity index (χ0) is 13.0. The molecule has 0 radical (unpaired) electrons. The third-order valence-corrected chi connectivity index (χ3v) is 4.55. The molecule has 1 aliphatic rings. The molecule has 1 aliphatic heterocycles. The Bertz CT molecular complexity index is 355. The second kappa shape index (κ2) is 6.58. The number of anilines is 1. The highest BCUT2D eigenvalue weighted by molar-refractivity contribution is 9.10. The van der Waals surface area contributed by atoms with Crippen molar-refractivity contribution in [3.63, 3.8) is 0 Å². The highest BCUT2D eigenvalue weighted by Gasteiger charge is 2.22. The lowest BCUT2D eigenvalue weighted by Crippen LogP contribution is -2.39. The van der Waals surface area contributed by atoms with E-state index in [-0.39, 0.29) is 0 Å². The standard InChI is InChI=1S/C15H23BrN2/c1-3-18-10-8-13(9-11-18)12(2)17-15-6-4-14(16)5-7-15/h4-7,12-13,17H,3,8-11H2,1-2H3. The van der Waals surface area contributed by atoms with Crippen LogP contribution in [0.3, 0.4) is 0 Å². The first kappa shape index (κ1) is 13.9. The smallest absolute Gasteiger partial charge is 0.0343 e. The molecule has 1 aromatic rings. The highest BCUT2D eigenvalue weighted by atomic mass is 79.9. The number of hydrogen-bond acceptors (Lipinski definition) is 2. The van der Waals surface area contributed by atoms with E-state index in [1.807, 2.05) is 0 Å². The maximum absolute atomic E-state index is 3.63. The Morgan fingerprint density at radius 3 is 2.44 bits per heavy atom. The molecule has 2 rings (SSSR count). The second-order valence-corrected chi connectivity index (χ2v) is 6.13. The maximum Gasteiger partial charge on any atom is 0.0343 e. The van der Waals surface area contributed by atoms with E-state index in [4.69, 9.17) is 0 Å². The van der Waals surface area contributed by atoms with Crippen molar-refractivity contribution in [2.45, 2.75) is 32.7 Å². The zero-order valence-electron chi connectivity index (χ0n) is 11.3. The molecule has 1 saturated heterocycles. The van der Waals surface area contributed by atoms with Crippen LogP contribution in [0.15, 0.2) is 28.7 Å². The number of halogens is 1. The monoisotopic (exact) mass is 310 g/mol. The summed E-state index contributed by atoms with van der Waals surface area (Å²) in [7, 11) is 0. The van der Waals surface area contributed by atoms with Crippen LogP contribution in [0.25, 0.3) is 0 Å². The van der Waals surface area contributed by atoms with Crippen LogP contribution in [0, 0.1) is 5.92 Å². The van der Waals surface area contributed by atoms with Crippen molar-refractivity contribution in [1.82, 2.24) is 4.90 Å². The number of nitrogens with zero attached hydrogens (tertiary/aromatic N) is 1. The molecule has 0 saturated carbocycles. The normalized spacial score (nSPS) is 19.7. The lowest BCUT2D eigenvalue weighted by Gasteiger charge is -2.34. The van der Waals surface area contributed by atoms with Crippen LogP contribution in [0.2, 0.25) is 0 Å². The van der Waals surface area contributed by atoms with Crippen molar-refractivity contribution >= 4 is 21.6 Å². The van der Waals surface area contributed by atoms with Gasteiger partial charge in [-0.1, -0.05) is 22.9 Å². The molecule has 100 valence electrons. The fourth-order valence-electron chi connectivity index (χ4n) is 2.70. The fourth-order valence-corrected chi connectivity index (χ4v) is 2.96. The van der Waals surface area contributed by atoms with Crippen molar-refractivity contribution in [1.29, 1.82) is 0 Å². The largest absolute Gasteiger partial charge is 0.382 e. The van der Waals surface area contributed by atoms with Crippen LogP contribution in [0.1, 0.15) is 26.7 Å². The topological polar surface area (TPSA) is 15.3 Å². The summed E-state index contributed by atoms with van der Waals surface area (Å²) < 4.78 is 1.14. The quantitative estimate of drug-likeness (QED) is 0.905. The Balaban J connectivity index is 1.85. The van der Waals surface area contributed by atoms with E-state index in [1.54, 1.807) is 0 Å². The average molecular weight is 311 g/mol. The number of benzene rings is 1. The van der Waals surface area contributed by atoms with Crippen LogP contribution in [-0.4, -0.2) is 30.6 Å². The first-order chi connectivity index (χ1) is 8.69. The SMILES string of the molecule is CCN1CCC(C(C)Nc2ccc(Br)cc2)CC1. The van der Waals surface area contributed by atoms with E-state index in [2.05, 4.69) is 64.3 Å². The molecule has 1 aromatic carbocycles. The zero-order valence-corrected chi connectivity index (χ0v) is 12.9. The maximum atomic E-state index is 3.63. The summed E-state index contributed by atoms with van der Waals surface area (Å²) >= 11 is 3.47. The lowest BCUT2D eigenvalue weighted by atomic mass is 9.90. The van der Waals surface area contributed by atoms with Crippen LogP contribution in [0.5, 0.6) is 0 Å². The summed E-state index contributed by atoms with van der Waals surface area (Å²) in [5, 5.41) is 3.63. The molecule has 3 heteroatoms. The molecule has 1 atom stereocenters. The van der Waals surface area contributed by atoms with Gasteiger partial charge in [0.25, 0.3) is 0 Å². The van der Waals surface area contributed by atoms with Crippen molar-refractivity contribution < 1.29 is 0 Å². The third kappa shape index (κ3) is 3.72. The molecule has 1 heterocycles. The Labute approximate surface area is 119 Å². The van der Waals surface area contributed by atoms with E-state index < -0.39 is 0 Å². The van der Waals surface area contributed by atoms with Gasteiger partial charge in [-0.05, 0) is 69.6 Å². The molecule has 0 bridgehead atoms. The fraction of sp³-hybridized carbons (Fsp3) is 0.600. The molecule has 2 nitrogen and oxygen atoms in total. The van der Waals surface area contributed by atoms with Gasteiger partial charge in [0, 0.05) is 16.2 Å². The summed E-state index contributed by atoms with van der Waals surface area (Å²) in [6, 6.07) is 9.03. The summed E-state index contributed by atoms with van der Waals surface area (Å²) in [5.74, 6) is 0.802. The second-order valence-electron chi connectivity index (χ2n) is 5.21. The van der Waals surface area contributed by atoms with E-state index in [1.165, 1.54) is 38.2 Å². The van der Waals surface area contributed by atoms with Crippen molar-refractivity contribution in [2.24, 2.45) is 5.92 Å². The van der Waals surface area contributed by atoms with Gasteiger partial charge in [-0.3, -0.25) is 0 Å². The summed E-state index contributed by atoms with van der Waals surface area (Å²) in [5.41, 5.74) is 1.23. The van der Waals surface area contributed by atoms with Gasteiger partial charge in [0.15, 0.2) is 0 Å².